The molecular formula is C22H34N4O2. The first-order valence-corrected chi connectivity index (χ1v) is 10.6. The van der Waals surface area contributed by atoms with Crippen LogP contribution in [0.5, 0.6) is 0 Å². The van der Waals surface area contributed by atoms with E-state index in [2.05, 4.69) is 32.6 Å². The average Bonchev–Trinajstić information content (AvgIpc) is 2.75. The van der Waals surface area contributed by atoms with Gasteiger partial charge in [-0.05, 0) is 44.2 Å². The number of carbonyl (C=O) groups excluding carboxylic acids is 2. The fourth-order valence-corrected chi connectivity index (χ4v) is 4.40. The minimum absolute atomic E-state index is 0.0867. The smallest absolute Gasteiger partial charge is 0.233 e. The molecule has 1 atom stereocenters. The van der Waals surface area contributed by atoms with Crippen LogP contribution in [0.3, 0.4) is 0 Å². The summed E-state index contributed by atoms with van der Waals surface area (Å²) in [4.78, 5) is 28.9. The van der Waals surface area contributed by atoms with E-state index in [1.54, 1.807) is 7.05 Å². The molecule has 2 heterocycles. The van der Waals surface area contributed by atoms with Gasteiger partial charge in [0.15, 0.2) is 0 Å². The van der Waals surface area contributed by atoms with Crippen LogP contribution >= 0.6 is 0 Å². The van der Waals surface area contributed by atoms with E-state index in [0.29, 0.717) is 19.1 Å². The lowest BCUT2D eigenvalue weighted by molar-refractivity contribution is -0.127. The number of amides is 2. The highest BCUT2D eigenvalue weighted by Crippen LogP contribution is 2.24. The van der Waals surface area contributed by atoms with Gasteiger partial charge in [0.05, 0.1) is 12.5 Å². The molecule has 0 aromatic heterocycles. The number of hydrogen-bond donors (Lipinski definition) is 2. The van der Waals surface area contributed by atoms with E-state index in [-0.39, 0.29) is 17.7 Å². The van der Waals surface area contributed by atoms with Gasteiger partial charge in [-0.3, -0.25) is 19.4 Å². The molecule has 2 amide bonds. The highest BCUT2D eigenvalue weighted by atomic mass is 16.2. The number of nitrogens with zero attached hydrogens (tertiary/aromatic N) is 2. The maximum absolute atomic E-state index is 12.6. The molecule has 0 radical (unpaired) electrons. The van der Waals surface area contributed by atoms with E-state index >= 15 is 0 Å². The van der Waals surface area contributed by atoms with Gasteiger partial charge in [-0.1, -0.05) is 30.3 Å². The summed E-state index contributed by atoms with van der Waals surface area (Å²) >= 11 is 0. The standard InChI is InChI=1S/C22H34N4O2/c1-23-21(27)17-25-14-10-20(11-15-25)26-13-5-8-19(16-26)22(28)24-12-9-18-6-3-2-4-7-18/h2-4,6-7,19-20H,5,8-17H2,1H3,(H,23,27)(H,24,28). The van der Waals surface area contributed by atoms with Gasteiger partial charge in [0.1, 0.15) is 0 Å². The normalized spacial score (nSPS) is 22.0. The van der Waals surface area contributed by atoms with Crippen molar-refractivity contribution in [2.75, 3.05) is 46.3 Å². The summed E-state index contributed by atoms with van der Waals surface area (Å²) < 4.78 is 0. The van der Waals surface area contributed by atoms with Crippen molar-refractivity contribution in [1.29, 1.82) is 0 Å². The van der Waals surface area contributed by atoms with Crippen molar-refractivity contribution in [2.45, 2.75) is 38.1 Å². The Kier molecular flexibility index (Phi) is 7.86. The molecule has 2 saturated heterocycles. The van der Waals surface area contributed by atoms with Gasteiger partial charge in [0.2, 0.25) is 11.8 Å². The Morgan fingerprint density at radius 1 is 1.07 bits per heavy atom. The van der Waals surface area contributed by atoms with Crippen molar-refractivity contribution in [1.82, 2.24) is 20.4 Å². The summed E-state index contributed by atoms with van der Waals surface area (Å²) in [5, 5.41) is 5.84. The van der Waals surface area contributed by atoms with Crippen molar-refractivity contribution in [3.63, 3.8) is 0 Å². The second-order valence-corrected chi connectivity index (χ2v) is 8.04. The number of rotatable bonds is 7. The molecule has 2 N–H and O–H groups in total. The predicted octanol–water partition coefficient (Wildman–Crippen LogP) is 1.27. The molecule has 1 aromatic rings. The van der Waals surface area contributed by atoms with Crippen molar-refractivity contribution in [3.05, 3.63) is 35.9 Å². The van der Waals surface area contributed by atoms with Gasteiger partial charge >= 0.3 is 0 Å². The monoisotopic (exact) mass is 386 g/mol. The largest absolute Gasteiger partial charge is 0.358 e. The Morgan fingerprint density at radius 2 is 1.82 bits per heavy atom. The summed E-state index contributed by atoms with van der Waals surface area (Å²) in [6, 6.07) is 10.8. The molecule has 6 nitrogen and oxygen atoms in total. The van der Waals surface area contributed by atoms with Crippen LogP contribution in [0, 0.1) is 5.92 Å². The van der Waals surface area contributed by atoms with Crippen LogP contribution in [-0.2, 0) is 16.0 Å². The molecule has 2 aliphatic rings. The Hall–Kier alpha value is -1.92. The molecule has 6 heteroatoms. The zero-order valence-corrected chi connectivity index (χ0v) is 17.0. The highest BCUT2D eigenvalue weighted by Gasteiger charge is 2.31. The van der Waals surface area contributed by atoms with Crippen LogP contribution in [-0.4, -0.2) is 74.0 Å². The molecule has 1 unspecified atom stereocenters. The summed E-state index contributed by atoms with van der Waals surface area (Å²) in [5.41, 5.74) is 1.26. The first kappa shape index (κ1) is 20.8. The zero-order chi connectivity index (χ0) is 19.8. The van der Waals surface area contributed by atoms with Crippen LogP contribution in [0.2, 0.25) is 0 Å². The van der Waals surface area contributed by atoms with E-state index < -0.39 is 0 Å². The first-order valence-electron chi connectivity index (χ1n) is 10.6. The molecule has 0 aliphatic carbocycles. The molecule has 2 fully saturated rings. The third-order valence-electron chi connectivity index (χ3n) is 6.10. The van der Waals surface area contributed by atoms with E-state index in [1.807, 2.05) is 18.2 Å². The molecule has 0 saturated carbocycles. The lowest BCUT2D eigenvalue weighted by atomic mass is 9.93. The molecule has 28 heavy (non-hydrogen) atoms. The van der Waals surface area contributed by atoms with Crippen molar-refractivity contribution in [3.8, 4) is 0 Å². The Morgan fingerprint density at radius 3 is 2.54 bits per heavy atom. The number of likely N-dealkylation sites (tertiary alicyclic amines) is 2. The Bertz CT molecular complexity index is 629. The van der Waals surface area contributed by atoms with Crippen LogP contribution in [0.25, 0.3) is 0 Å². The van der Waals surface area contributed by atoms with Crippen molar-refractivity contribution in [2.24, 2.45) is 5.92 Å². The van der Waals surface area contributed by atoms with E-state index in [0.717, 1.165) is 58.3 Å². The number of nitrogens with one attached hydrogen (secondary N) is 2. The fourth-order valence-electron chi connectivity index (χ4n) is 4.40. The molecule has 2 aliphatic heterocycles. The molecular weight excluding hydrogens is 352 g/mol. The quantitative estimate of drug-likeness (QED) is 0.741. The SMILES string of the molecule is CNC(=O)CN1CCC(N2CCCC(C(=O)NCCc3ccccc3)C2)CC1. The van der Waals surface area contributed by atoms with Crippen molar-refractivity contribution >= 4 is 11.8 Å². The summed E-state index contributed by atoms with van der Waals surface area (Å²) in [6.45, 7) is 5.09. The molecule has 0 spiro atoms. The van der Waals surface area contributed by atoms with Gasteiger partial charge in [-0.15, -0.1) is 0 Å². The highest BCUT2D eigenvalue weighted by molar-refractivity contribution is 5.79. The Balaban J connectivity index is 1.40. The van der Waals surface area contributed by atoms with E-state index in [4.69, 9.17) is 0 Å². The van der Waals surface area contributed by atoms with Gasteiger partial charge in [-0.2, -0.15) is 0 Å². The van der Waals surface area contributed by atoms with Crippen LogP contribution in [0.1, 0.15) is 31.2 Å². The number of likely N-dealkylation sites (N-methyl/N-ethyl adjacent to an activating group) is 1. The number of benzene rings is 1. The molecule has 3 rings (SSSR count). The lowest BCUT2D eigenvalue weighted by Gasteiger charge is -2.41. The first-order chi connectivity index (χ1) is 13.7. The Labute approximate surface area is 168 Å². The van der Waals surface area contributed by atoms with Crippen molar-refractivity contribution < 1.29 is 9.59 Å². The lowest BCUT2D eigenvalue weighted by Crippen LogP contribution is -2.51. The van der Waals surface area contributed by atoms with E-state index in [1.165, 1.54) is 5.56 Å². The van der Waals surface area contributed by atoms with Crippen LogP contribution < -0.4 is 10.6 Å². The third-order valence-corrected chi connectivity index (χ3v) is 6.10. The zero-order valence-electron chi connectivity index (χ0n) is 17.0. The van der Waals surface area contributed by atoms with Gasteiger partial charge in [0.25, 0.3) is 0 Å². The minimum Gasteiger partial charge on any atom is -0.358 e. The molecule has 1 aromatic carbocycles. The number of carbonyl (C=O) groups is 2. The number of piperidine rings is 2. The maximum atomic E-state index is 12.6. The summed E-state index contributed by atoms with van der Waals surface area (Å²) in [7, 11) is 1.69. The molecule has 154 valence electrons. The fraction of sp³-hybridized carbons (Fsp3) is 0.636. The van der Waals surface area contributed by atoms with Crippen LogP contribution in [0.15, 0.2) is 30.3 Å². The maximum Gasteiger partial charge on any atom is 0.233 e. The second-order valence-electron chi connectivity index (χ2n) is 8.04. The van der Waals surface area contributed by atoms with Gasteiger partial charge < -0.3 is 10.6 Å². The van der Waals surface area contributed by atoms with Gasteiger partial charge in [0, 0.05) is 39.3 Å². The third kappa shape index (κ3) is 6.04. The van der Waals surface area contributed by atoms with E-state index in [9.17, 15) is 9.59 Å². The molecule has 0 bridgehead atoms. The number of hydrogen-bond acceptors (Lipinski definition) is 4. The average molecular weight is 387 g/mol. The van der Waals surface area contributed by atoms with Crippen LogP contribution in [0.4, 0.5) is 0 Å². The second kappa shape index (κ2) is 10.6. The summed E-state index contributed by atoms with van der Waals surface area (Å²) in [5.74, 6) is 0.398. The minimum atomic E-state index is 0.0867. The topological polar surface area (TPSA) is 64.7 Å². The predicted molar refractivity (Wildman–Crippen MR) is 111 cm³/mol. The summed E-state index contributed by atoms with van der Waals surface area (Å²) in [6.07, 6.45) is 5.13. The van der Waals surface area contributed by atoms with Gasteiger partial charge in [-0.25, -0.2) is 0 Å².